The van der Waals surface area contributed by atoms with Crippen LogP contribution in [0.3, 0.4) is 0 Å². The van der Waals surface area contributed by atoms with Crippen LogP contribution < -0.4 is 5.32 Å². The van der Waals surface area contributed by atoms with Gasteiger partial charge in [-0.25, -0.2) is 4.98 Å². The zero-order valence-corrected chi connectivity index (χ0v) is 14.5. The van der Waals surface area contributed by atoms with Gasteiger partial charge >= 0.3 is 0 Å². The van der Waals surface area contributed by atoms with Gasteiger partial charge < -0.3 is 10.1 Å². The summed E-state index contributed by atoms with van der Waals surface area (Å²) in [5, 5.41) is 5.80. The minimum absolute atomic E-state index is 0.00147. The Kier molecular flexibility index (Phi) is 5.23. The van der Waals surface area contributed by atoms with Gasteiger partial charge in [0.25, 0.3) is 0 Å². The quantitative estimate of drug-likeness (QED) is 0.864. The fourth-order valence-corrected chi connectivity index (χ4v) is 3.62. The number of benzene rings is 1. The van der Waals surface area contributed by atoms with E-state index in [4.69, 9.17) is 4.74 Å². The number of hydrogen-bond donors (Lipinski definition) is 1. The molecule has 22 heavy (non-hydrogen) atoms. The summed E-state index contributed by atoms with van der Waals surface area (Å²) >= 11 is 5.02. The highest BCUT2D eigenvalue weighted by molar-refractivity contribution is 9.10. The number of halogens is 1. The van der Waals surface area contributed by atoms with Gasteiger partial charge in [0.1, 0.15) is 5.01 Å². The van der Waals surface area contributed by atoms with Gasteiger partial charge in [0.2, 0.25) is 5.91 Å². The highest BCUT2D eigenvalue weighted by Crippen LogP contribution is 2.26. The molecule has 0 saturated carbocycles. The van der Waals surface area contributed by atoms with E-state index in [9.17, 15) is 4.79 Å². The molecule has 1 aromatic heterocycles. The summed E-state index contributed by atoms with van der Waals surface area (Å²) in [5.41, 5.74) is 1.87. The van der Waals surface area contributed by atoms with Crippen molar-refractivity contribution >= 4 is 33.2 Å². The first kappa shape index (κ1) is 15.6. The molecule has 0 bridgehead atoms. The number of carbonyl (C=O) groups is 1. The number of rotatable bonds is 5. The molecule has 2 heterocycles. The Morgan fingerprint density at radius 2 is 2.41 bits per heavy atom. The van der Waals surface area contributed by atoms with Crippen LogP contribution in [0.4, 0.5) is 0 Å². The van der Waals surface area contributed by atoms with Crippen LogP contribution in [0.2, 0.25) is 0 Å². The molecule has 0 radical (unpaired) electrons. The van der Waals surface area contributed by atoms with E-state index < -0.39 is 0 Å². The van der Waals surface area contributed by atoms with Crippen LogP contribution in [0.1, 0.15) is 18.5 Å². The lowest BCUT2D eigenvalue weighted by Crippen LogP contribution is -2.32. The molecule has 4 nitrogen and oxygen atoms in total. The first-order valence-electron chi connectivity index (χ1n) is 7.29. The average Bonchev–Trinajstić information content (AvgIpc) is 3.16. The van der Waals surface area contributed by atoms with Gasteiger partial charge in [-0.2, -0.15) is 0 Å². The SMILES string of the molecule is O=C(Cc1csc(-c2cccc(Br)c2)n1)NCC1CCCO1. The Labute approximate surface area is 142 Å². The molecule has 1 aliphatic heterocycles. The van der Waals surface area contributed by atoms with Gasteiger partial charge in [-0.05, 0) is 25.0 Å². The van der Waals surface area contributed by atoms with Gasteiger partial charge in [-0.1, -0.05) is 28.1 Å². The van der Waals surface area contributed by atoms with E-state index in [1.165, 1.54) is 0 Å². The van der Waals surface area contributed by atoms with Crippen LogP contribution >= 0.6 is 27.3 Å². The van der Waals surface area contributed by atoms with E-state index in [1.54, 1.807) is 11.3 Å². The molecule has 1 amide bonds. The third-order valence-electron chi connectivity index (χ3n) is 3.52. The second-order valence-corrected chi connectivity index (χ2v) is 7.04. The summed E-state index contributed by atoms with van der Waals surface area (Å²) in [6.07, 6.45) is 2.61. The molecule has 116 valence electrons. The van der Waals surface area contributed by atoms with Crippen LogP contribution in [0, 0.1) is 0 Å². The second-order valence-electron chi connectivity index (χ2n) is 5.27. The van der Waals surface area contributed by atoms with Crippen LogP contribution in [0.5, 0.6) is 0 Å². The van der Waals surface area contributed by atoms with Gasteiger partial charge in [0, 0.05) is 28.6 Å². The Morgan fingerprint density at radius 3 is 3.18 bits per heavy atom. The van der Waals surface area contributed by atoms with Crippen LogP contribution in [-0.2, 0) is 16.0 Å². The summed E-state index contributed by atoms with van der Waals surface area (Å²) in [5.74, 6) is 0.00147. The molecular formula is C16H17BrN2O2S. The minimum Gasteiger partial charge on any atom is -0.376 e. The Hall–Kier alpha value is -1.24. The summed E-state index contributed by atoms with van der Waals surface area (Å²) in [4.78, 5) is 16.5. The Bertz CT molecular complexity index is 653. The standard InChI is InChI=1S/C16H17BrN2O2S/c17-12-4-1-3-11(7-12)16-19-13(10-22-16)8-15(20)18-9-14-5-2-6-21-14/h1,3-4,7,10,14H,2,5-6,8-9H2,(H,18,20). The second kappa shape index (κ2) is 7.35. The fraction of sp³-hybridized carbons (Fsp3) is 0.375. The number of thiazole rings is 1. The van der Waals surface area contributed by atoms with Crippen LogP contribution in [-0.4, -0.2) is 30.1 Å². The molecule has 2 aromatic rings. The third kappa shape index (κ3) is 4.15. The largest absolute Gasteiger partial charge is 0.376 e. The first-order chi connectivity index (χ1) is 10.7. The molecule has 1 unspecified atom stereocenters. The third-order valence-corrected chi connectivity index (χ3v) is 4.95. The first-order valence-corrected chi connectivity index (χ1v) is 8.96. The molecule has 6 heteroatoms. The fourth-order valence-electron chi connectivity index (χ4n) is 2.40. The van der Waals surface area contributed by atoms with Crippen molar-refractivity contribution in [3.05, 3.63) is 39.8 Å². The number of hydrogen-bond acceptors (Lipinski definition) is 4. The van der Waals surface area contributed by atoms with E-state index in [0.29, 0.717) is 13.0 Å². The lowest BCUT2D eigenvalue weighted by atomic mass is 10.2. The maximum Gasteiger partial charge on any atom is 0.226 e. The van der Waals surface area contributed by atoms with Crippen molar-refractivity contribution in [1.29, 1.82) is 0 Å². The molecule has 1 saturated heterocycles. The molecule has 1 aromatic carbocycles. The van der Waals surface area contributed by atoms with Gasteiger partial charge in [0.15, 0.2) is 0 Å². The van der Waals surface area contributed by atoms with Gasteiger partial charge in [-0.3, -0.25) is 4.79 Å². The monoisotopic (exact) mass is 380 g/mol. The normalized spacial score (nSPS) is 17.6. The topological polar surface area (TPSA) is 51.2 Å². The molecular weight excluding hydrogens is 364 g/mol. The van der Waals surface area contributed by atoms with Crippen molar-refractivity contribution in [3.63, 3.8) is 0 Å². The summed E-state index contributed by atoms with van der Waals surface area (Å²) in [7, 11) is 0. The maximum absolute atomic E-state index is 12.0. The lowest BCUT2D eigenvalue weighted by molar-refractivity contribution is -0.121. The van der Waals surface area contributed by atoms with Crippen LogP contribution in [0.25, 0.3) is 10.6 Å². The van der Waals surface area contributed by atoms with Crippen molar-refractivity contribution in [2.24, 2.45) is 0 Å². The van der Waals surface area contributed by atoms with Crippen molar-refractivity contribution in [2.45, 2.75) is 25.4 Å². The summed E-state index contributed by atoms with van der Waals surface area (Å²) in [6.45, 7) is 1.41. The molecule has 0 aliphatic carbocycles. The van der Waals surface area contributed by atoms with E-state index in [0.717, 1.165) is 40.2 Å². The van der Waals surface area contributed by atoms with Crippen molar-refractivity contribution in [1.82, 2.24) is 10.3 Å². The number of ether oxygens (including phenoxy) is 1. The van der Waals surface area contributed by atoms with E-state index >= 15 is 0 Å². The molecule has 1 aliphatic rings. The zero-order chi connectivity index (χ0) is 15.4. The van der Waals surface area contributed by atoms with E-state index in [1.807, 2.05) is 29.6 Å². The number of amides is 1. The predicted molar refractivity (Wildman–Crippen MR) is 90.9 cm³/mol. The highest BCUT2D eigenvalue weighted by atomic mass is 79.9. The molecule has 1 fully saturated rings. The molecule has 1 atom stereocenters. The van der Waals surface area contributed by atoms with E-state index in [2.05, 4.69) is 26.2 Å². The number of nitrogens with one attached hydrogen (secondary N) is 1. The van der Waals surface area contributed by atoms with Crippen molar-refractivity contribution in [3.8, 4) is 10.6 Å². The molecule has 3 rings (SSSR count). The summed E-state index contributed by atoms with van der Waals surface area (Å²) in [6, 6.07) is 8.01. The summed E-state index contributed by atoms with van der Waals surface area (Å²) < 4.78 is 6.52. The van der Waals surface area contributed by atoms with Crippen molar-refractivity contribution in [2.75, 3.05) is 13.2 Å². The van der Waals surface area contributed by atoms with Crippen LogP contribution in [0.15, 0.2) is 34.1 Å². The number of carbonyl (C=O) groups excluding carboxylic acids is 1. The maximum atomic E-state index is 12.0. The zero-order valence-electron chi connectivity index (χ0n) is 12.0. The molecule has 0 spiro atoms. The van der Waals surface area contributed by atoms with E-state index in [-0.39, 0.29) is 12.0 Å². The lowest BCUT2D eigenvalue weighted by Gasteiger charge is -2.09. The Balaban J connectivity index is 1.55. The van der Waals surface area contributed by atoms with Gasteiger partial charge in [0.05, 0.1) is 18.2 Å². The number of nitrogens with zero attached hydrogens (tertiary/aromatic N) is 1. The highest BCUT2D eigenvalue weighted by Gasteiger charge is 2.16. The van der Waals surface area contributed by atoms with Gasteiger partial charge in [-0.15, -0.1) is 11.3 Å². The van der Waals surface area contributed by atoms with Crippen molar-refractivity contribution < 1.29 is 9.53 Å². The minimum atomic E-state index is 0.00147. The number of aromatic nitrogens is 1. The molecule has 1 N–H and O–H groups in total. The predicted octanol–water partition coefficient (Wildman–Crippen LogP) is 3.41. The smallest absolute Gasteiger partial charge is 0.226 e. The average molecular weight is 381 g/mol. The Morgan fingerprint density at radius 1 is 1.50 bits per heavy atom.